The van der Waals surface area contributed by atoms with Gasteiger partial charge in [0.15, 0.2) is 17.5 Å². The van der Waals surface area contributed by atoms with E-state index in [1.807, 2.05) is 109 Å². The number of halogens is 3. The fraction of sp³-hybridized carbons (Fsp3) is 0.0377. The number of rotatable bonds is 6. The Bertz CT molecular complexity index is 3420. The molecule has 292 valence electrons. The fourth-order valence-electron chi connectivity index (χ4n) is 8.45. The molecule has 0 aliphatic carbocycles. The topological polar surface area (TPSA) is 56.7 Å². The molecule has 0 saturated carbocycles. The van der Waals surface area contributed by atoms with Crippen molar-refractivity contribution in [1.82, 2.24) is 19.5 Å². The average Bonchev–Trinajstić information content (AvgIpc) is 3.84. The summed E-state index contributed by atoms with van der Waals surface area (Å²) >= 11 is 0. The van der Waals surface area contributed by atoms with Crippen LogP contribution in [0.4, 0.5) is 13.2 Å². The van der Waals surface area contributed by atoms with Gasteiger partial charge in [-0.25, -0.2) is 15.0 Å². The summed E-state index contributed by atoms with van der Waals surface area (Å²) < 4.78 is 50.4. The van der Waals surface area contributed by atoms with Crippen molar-refractivity contribution >= 4 is 43.7 Å². The SMILES string of the molecule is Cc1cc(-c2ccc3c(c2)c2ccccc2n3-c2ccc(-c3ccc4c(c3)oc3ccccc34)cc2-c2nc(-c3ccccc3)nc(-c3ccccc3)n2)cc(C(F)(F)F)c1. The van der Waals surface area contributed by atoms with Gasteiger partial charge in [-0.15, -0.1) is 0 Å². The first-order valence-electron chi connectivity index (χ1n) is 19.9. The number of para-hydroxylation sites is 2. The van der Waals surface area contributed by atoms with Crippen LogP contribution in [-0.2, 0) is 6.18 Å². The summed E-state index contributed by atoms with van der Waals surface area (Å²) in [5.41, 5.74) is 9.68. The van der Waals surface area contributed by atoms with Gasteiger partial charge in [0.2, 0.25) is 0 Å². The molecule has 5 nitrogen and oxygen atoms in total. The first-order chi connectivity index (χ1) is 29.7. The third-order valence-corrected chi connectivity index (χ3v) is 11.3. The second-order valence-electron chi connectivity index (χ2n) is 15.2. The molecule has 0 spiro atoms. The van der Waals surface area contributed by atoms with Gasteiger partial charge in [0, 0.05) is 38.2 Å². The predicted octanol–water partition coefficient (Wildman–Crippen LogP) is 14.5. The van der Waals surface area contributed by atoms with Gasteiger partial charge in [-0.05, 0) is 95.4 Å². The second-order valence-corrected chi connectivity index (χ2v) is 15.2. The van der Waals surface area contributed by atoms with Crippen LogP contribution >= 0.6 is 0 Å². The molecule has 0 aliphatic rings. The summed E-state index contributed by atoms with van der Waals surface area (Å²) in [5, 5.41) is 3.96. The Kier molecular flexibility index (Phi) is 8.42. The Morgan fingerprint density at radius 2 is 1.00 bits per heavy atom. The molecule has 0 atom stereocenters. The predicted molar refractivity (Wildman–Crippen MR) is 238 cm³/mol. The Balaban J connectivity index is 1.17. The summed E-state index contributed by atoms with van der Waals surface area (Å²) in [7, 11) is 0. The molecule has 0 unspecified atom stereocenters. The third-order valence-electron chi connectivity index (χ3n) is 11.3. The Morgan fingerprint density at radius 3 is 1.74 bits per heavy atom. The van der Waals surface area contributed by atoms with Crippen LogP contribution in [0.25, 0.3) is 106 Å². The van der Waals surface area contributed by atoms with E-state index in [2.05, 4.69) is 59.2 Å². The molecular formula is C53H33F3N4O. The number of hydrogen-bond acceptors (Lipinski definition) is 4. The Morgan fingerprint density at radius 1 is 0.426 bits per heavy atom. The lowest BCUT2D eigenvalue weighted by atomic mass is 9.98. The number of fused-ring (bicyclic) bond motifs is 6. The highest BCUT2D eigenvalue weighted by molar-refractivity contribution is 6.11. The first-order valence-corrected chi connectivity index (χ1v) is 19.9. The summed E-state index contributed by atoms with van der Waals surface area (Å²) in [5.74, 6) is 1.55. The van der Waals surface area contributed by atoms with Crippen LogP contribution < -0.4 is 0 Å². The van der Waals surface area contributed by atoms with Crippen molar-refractivity contribution in [3.8, 4) is 62.1 Å². The molecule has 0 amide bonds. The zero-order valence-corrected chi connectivity index (χ0v) is 32.7. The molecule has 8 heteroatoms. The third kappa shape index (κ3) is 6.40. The van der Waals surface area contributed by atoms with E-state index in [0.29, 0.717) is 34.2 Å². The number of alkyl halides is 3. The van der Waals surface area contributed by atoms with Gasteiger partial charge in [-0.1, -0.05) is 121 Å². The van der Waals surface area contributed by atoms with Crippen molar-refractivity contribution in [3.05, 3.63) is 193 Å². The van der Waals surface area contributed by atoms with Gasteiger partial charge in [0.1, 0.15) is 11.2 Å². The van der Waals surface area contributed by atoms with Crippen LogP contribution in [0.5, 0.6) is 0 Å². The molecule has 11 aromatic rings. The lowest BCUT2D eigenvalue weighted by Crippen LogP contribution is -2.05. The normalized spacial score (nSPS) is 11.9. The highest BCUT2D eigenvalue weighted by Gasteiger charge is 2.31. The van der Waals surface area contributed by atoms with Gasteiger partial charge in [0.05, 0.1) is 22.3 Å². The molecule has 8 aromatic carbocycles. The zero-order chi connectivity index (χ0) is 41.2. The molecule has 0 bridgehead atoms. The number of furan rings is 1. The fourth-order valence-corrected chi connectivity index (χ4v) is 8.45. The van der Waals surface area contributed by atoms with Gasteiger partial charge in [-0.2, -0.15) is 13.2 Å². The maximum Gasteiger partial charge on any atom is 0.416 e. The van der Waals surface area contributed by atoms with E-state index in [1.165, 1.54) is 12.1 Å². The van der Waals surface area contributed by atoms with E-state index >= 15 is 0 Å². The molecule has 0 N–H and O–H groups in total. The van der Waals surface area contributed by atoms with Crippen LogP contribution in [0.1, 0.15) is 11.1 Å². The molecule has 61 heavy (non-hydrogen) atoms. The van der Waals surface area contributed by atoms with E-state index in [1.54, 1.807) is 13.0 Å². The highest BCUT2D eigenvalue weighted by atomic mass is 19.4. The van der Waals surface area contributed by atoms with Crippen molar-refractivity contribution in [3.63, 3.8) is 0 Å². The zero-order valence-electron chi connectivity index (χ0n) is 32.7. The van der Waals surface area contributed by atoms with Gasteiger partial charge < -0.3 is 8.98 Å². The summed E-state index contributed by atoms with van der Waals surface area (Å²) in [6.07, 6.45) is -4.46. The minimum Gasteiger partial charge on any atom is -0.456 e. The number of hydrogen-bond donors (Lipinski definition) is 0. The number of nitrogens with zero attached hydrogens (tertiary/aromatic N) is 4. The van der Waals surface area contributed by atoms with Crippen molar-refractivity contribution in [2.75, 3.05) is 0 Å². The molecule has 3 heterocycles. The van der Waals surface area contributed by atoms with Crippen molar-refractivity contribution < 1.29 is 17.6 Å². The van der Waals surface area contributed by atoms with Crippen molar-refractivity contribution in [2.24, 2.45) is 0 Å². The standard InChI is InChI=1S/C53H33F3N4O/c1-32-26-38(28-39(27-32)53(54,55)56)36-22-24-46-43(29-36)40-16-8-10-18-45(40)60(46)47-25-21-35(37-20-23-42-41-17-9-11-19-48(41)61-49(42)31-37)30-44(47)52-58-50(33-12-4-2-5-13-33)57-51(59-52)34-14-6-3-7-15-34/h2-31H,1H3. The van der Waals surface area contributed by atoms with E-state index in [-0.39, 0.29) is 0 Å². The number of aryl methyl sites for hydroxylation is 1. The Labute approximate surface area is 348 Å². The van der Waals surface area contributed by atoms with E-state index in [0.717, 1.165) is 77.2 Å². The largest absolute Gasteiger partial charge is 0.456 e. The lowest BCUT2D eigenvalue weighted by Gasteiger charge is -2.16. The van der Waals surface area contributed by atoms with Gasteiger partial charge in [0.25, 0.3) is 0 Å². The minimum absolute atomic E-state index is 0.483. The minimum atomic E-state index is -4.46. The van der Waals surface area contributed by atoms with Crippen LogP contribution in [-0.4, -0.2) is 19.5 Å². The summed E-state index contributed by atoms with van der Waals surface area (Å²) in [6.45, 7) is 1.69. The summed E-state index contributed by atoms with van der Waals surface area (Å²) in [6, 6.07) is 58.6. The van der Waals surface area contributed by atoms with Crippen LogP contribution in [0.2, 0.25) is 0 Å². The van der Waals surface area contributed by atoms with E-state index in [4.69, 9.17) is 19.4 Å². The van der Waals surface area contributed by atoms with E-state index in [9.17, 15) is 13.2 Å². The van der Waals surface area contributed by atoms with Gasteiger partial charge in [-0.3, -0.25) is 0 Å². The number of benzene rings is 8. The van der Waals surface area contributed by atoms with Crippen LogP contribution in [0, 0.1) is 6.92 Å². The molecule has 0 saturated heterocycles. The quantitative estimate of drug-likeness (QED) is 0.168. The average molecular weight is 799 g/mol. The smallest absolute Gasteiger partial charge is 0.416 e. The molecule has 11 rings (SSSR count). The number of aromatic nitrogens is 4. The maximum atomic E-state index is 14.0. The molecular weight excluding hydrogens is 766 g/mol. The molecule has 3 aromatic heterocycles. The molecule has 0 radical (unpaired) electrons. The lowest BCUT2D eigenvalue weighted by molar-refractivity contribution is -0.137. The second kappa shape index (κ2) is 14.2. The first kappa shape index (κ1) is 36.3. The molecule has 0 fully saturated rings. The molecule has 0 aliphatic heterocycles. The Hall–Kier alpha value is -7.84. The maximum absolute atomic E-state index is 14.0. The monoisotopic (exact) mass is 798 g/mol. The van der Waals surface area contributed by atoms with Crippen LogP contribution in [0.3, 0.4) is 0 Å². The highest BCUT2D eigenvalue weighted by Crippen LogP contribution is 2.41. The van der Waals surface area contributed by atoms with E-state index < -0.39 is 11.7 Å². The van der Waals surface area contributed by atoms with Crippen molar-refractivity contribution in [1.29, 1.82) is 0 Å². The summed E-state index contributed by atoms with van der Waals surface area (Å²) in [4.78, 5) is 15.4. The van der Waals surface area contributed by atoms with Crippen LogP contribution in [0.15, 0.2) is 186 Å². The van der Waals surface area contributed by atoms with Crippen molar-refractivity contribution in [2.45, 2.75) is 13.1 Å². The van der Waals surface area contributed by atoms with Gasteiger partial charge >= 0.3 is 6.18 Å².